The third kappa shape index (κ3) is 5.54. The smallest absolute Gasteiger partial charge is 0.337 e. The van der Waals surface area contributed by atoms with Gasteiger partial charge in [-0.1, -0.05) is 66.7 Å². The summed E-state index contributed by atoms with van der Waals surface area (Å²) in [5.41, 5.74) is 5.03. The molecule has 0 aromatic heterocycles. The molecule has 176 valence electrons. The van der Waals surface area contributed by atoms with Crippen molar-refractivity contribution >= 4 is 11.9 Å². The molecule has 0 unspecified atom stereocenters. The molecule has 0 N–H and O–H groups in total. The maximum absolute atomic E-state index is 13.2. The predicted molar refractivity (Wildman–Crippen MR) is 134 cm³/mol. The van der Waals surface area contributed by atoms with E-state index in [1.54, 1.807) is 12.1 Å². The molecule has 34 heavy (non-hydrogen) atoms. The van der Waals surface area contributed by atoms with E-state index >= 15 is 0 Å². The van der Waals surface area contributed by atoms with Gasteiger partial charge in [0.25, 0.3) is 0 Å². The summed E-state index contributed by atoms with van der Waals surface area (Å²) < 4.78 is 4.78. The van der Waals surface area contributed by atoms with Crippen LogP contribution in [0.15, 0.2) is 78.9 Å². The van der Waals surface area contributed by atoms with Gasteiger partial charge in [-0.2, -0.15) is 0 Å². The molecule has 1 heterocycles. The van der Waals surface area contributed by atoms with Crippen LogP contribution < -0.4 is 0 Å². The maximum atomic E-state index is 13.2. The van der Waals surface area contributed by atoms with Gasteiger partial charge < -0.3 is 9.64 Å². The summed E-state index contributed by atoms with van der Waals surface area (Å²) in [6.45, 7) is 6.55. The lowest BCUT2D eigenvalue weighted by Crippen LogP contribution is -2.57. The fourth-order valence-electron chi connectivity index (χ4n) is 4.72. The van der Waals surface area contributed by atoms with Gasteiger partial charge in [0.1, 0.15) is 0 Å². The summed E-state index contributed by atoms with van der Waals surface area (Å²) >= 11 is 0. The first-order valence-corrected chi connectivity index (χ1v) is 11.8. The van der Waals surface area contributed by atoms with Gasteiger partial charge in [-0.25, -0.2) is 4.79 Å². The minimum Gasteiger partial charge on any atom is -0.465 e. The normalized spacial score (nSPS) is 18.5. The molecule has 1 aliphatic heterocycles. The fourth-order valence-corrected chi connectivity index (χ4v) is 4.72. The Kier molecular flexibility index (Phi) is 7.43. The maximum Gasteiger partial charge on any atom is 0.337 e. The van der Waals surface area contributed by atoms with Crippen LogP contribution in [0.4, 0.5) is 0 Å². The minimum absolute atomic E-state index is 0.172. The van der Waals surface area contributed by atoms with Crippen LogP contribution in [-0.4, -0.2) is 54.0 Å². The molecular formula is C29H32N2O3. The van der Waals surface area contributed by atoms with Crippen molar-refractivity contribution < 1.29 is 14.3 Å². The summed E-state index contributed by atoms with van der Waals surface area (Å²) in [4.78, 5) is 29.3. The SMILES string of the molecule is COC(=O)c1ccc(CN2[C@H](C)CN(C(=O)Cc3cccc(-c4ccccc4)c3)C[C@@H]2C)cc1. The van der Waals surface area contributed by atoms with Crippen LogP contribution in [0.2, 0.25) is 0 Å². The molecule has 1 saturated heterocycles. The first-order chi connectivity index (χ1) is 16.4. The topological polar surface area (TPSA) is 49.9 Å². The number of methoxy groups -OCH3 is 1. The molecule has 4 rings (SSSR count). The second-order valence-corrected chi connectivity index (χ2v) is 9.10. The highest BCUT2D eigenvalue weighted by Gasteiger charge is 2.31. The van der Waals surface area contributed by atoms with E-state index in [0.29, 0.717) is 25.1 Å². The number of benzene rings is 3. The van der Waals surface area contributed by atoms with Crippen molar-refractivity contribution in [2.45, 2.75) is 38.9 Å². The van der Waals surface area contributed by atoms with Crippen molar-refractivity contribution in [3.8, 4) is 11.1 Å². The van der Waals surface area contributed by atoms with Crippen molar-refractivity contribution in [3.63, 3.8) is 0 Å². The lowest BCUT2D eigenvalue weighted by molar-refractivity contribution is -0.135. The second kappa shape index (κ2) is 10.7. The molecule has 3 aromatic rings. The molecular weight excluding hydrogens is 424 g/mol. The van der Waals surface area contributed by atoms with Crippen LogP contribution >= 0.6 is 0 Å². The summed E-state index contributed by atoms with van der Waals surface area (Å²) in [5.74, 6) is -0.152. The van der Waals surface area contributed by atoms with Gasteiger partial charge in [-0.3, -0.25) is 9.69 Å². The number of piperazine rings is 1. The fraction of sp³-hybridized carbons (Fsp3) is 0.310. The van der Waals surface area contributed by atoms with Gasteiger partial charge in [-0.05, 0) is 48.2 Å². The first-order valence-electron chi connectivity index (χ1n) is 11.8. The quantitative estimate of drug-likeness (QED) is 0.500. The van der Waals surface area contributed by atoms with Crippen LogP contribution in [0.25, 0.3) is 11.1 Å². The zero-order valence-electron chi connectivity index (χ0n) is 20.1. The Morgan fingerprint density at radius 3 is 2.12 bits per heavy atom. The van der Waals surface area contributed by atoms with Crippen LogP contribution in [-0.2, 0) is 22.5 Å². The standard InChI is InChI=1S/C29H32N2O3/c1-21-18-30(19-22(2)31(21)20-23-12-14-26(15-13-23)29(33)34-3)28(32)17-24-8-7-11-27(16-24)25-9-5-4-6-10-25/h4-16,21-22H,17-20H2,1-3H3/t21-,22+. The molecule has 5 nitrogen and oxygen atoms in total. The number of nitrogens with zero attached hydrogens (tertiary/aromatic N) is 2. The molecule has 0 saturated carbocycles. The van der Waals surface area contributed by atoms with E-state index < -0.39 is 0 Å². The summed E-state index contributed by atoms with van der Waals surface area (Å²) in [6.07, 6.45) is 0.412. The zero-order valence-corrected chi connectivity index (χ0v) is 20.1. The Balaban J connectivity index is 1.37. The highest BCUT2D eigenvalue weighted by Crippen LogP contribution is 2.23. The van der Waals surface area contributed by atoms with Crippen molar-refractivity contribution in [2.75, 3.05) is 20.2 Å². The Hall–Kier alpha value is -3.44. The van der Waals surface area contributed by atoms with Crippen LogP contribution in [0.1, 0.15) is 35.3 Å². The Morgan fingerprint density at radius 1 is 0.824 bits per heavy atom. The molecule has 2 atom stereocenters. The van der Waals surface area contributed by atoms with E-state index in [-0.39, 0.29) is 24.0 Å². The average molecular weight is 457 g/mol. The molecule has 3 aromatic carbocycles. The molecule has 1 aliphatic rings. The van der Waals surface area contributed by atoms with Gasteiger partial charge in [0, 0.05) is 31.7 Å². The summed E-state index contributed by atoms with van der Waals surface area (Å²) in [5, 5.41) is 0. The van der Waals surface area contributed by atoms with Crippen LogP contribution in [0.3, 0.4) is 0 Å². The predicted octanol–water partition coefficient (Wildman–Crippen LogP) is 4.80. The van der Waals surface area contributed by atoms with E-state index in [9.17, 15) is 9.59 Å². The number of esters is 1. The average Bonchev–Trinajstić information content (AvgIpc) is 2.86. The number of hydrogen-bond acceptors (Lipinski definition) is 4. The number of carbonyl (C=O) groups is 2. The van der Waals surface area contributed by atoms with Crippen LogP contribution in [0.5, 0.6) is 0 Å². The minimum atomic E-state index is -0.324. The highest BCUT2D eigenvalue weighted by molar-refractivity contribution is 5.89. The Morgan fingerprint density at radius 2 is 1.47 bits per heavy atom. The van der Waals surface area contributed by atoms with Crippen molar-refractivity contribution in [2.24, 2.45) is 0 Å². The molecule has 5 heteroatoms. The number of carbonyl (C=O) groups excluding carboxylic acids is 2. The van der Waals surface area contributed by atoms with E-state index in [1.807, 2.05) is 47.4 Å². The molecule has 0 radical (unpaired) electrons. The number of amides is 1. The van der Waals surface area contributed by atoms with Gasteiger partial charge >= 0.3 is 5.97 Å². The lowest BCUT2D eigenvalue weighted by atomic mass is 10.0. The van der Waals surface area contributed by atoms with E-state index in [0.717, 1.165) is 28.8 Å². The molecule has 1 amide bonds. The molecule has 1 fully saturated rings. The Labute approximate surface area is 202 Å². The third-order valence-corrected chi connectivity index (χ3v) is 6.58. The lowest BCUT2D eigenvalue weighted by Gasteiger charge is -2.44. The van der Waals surface area contributed by atoms with E-state index in [2.05, 4.69) is 43.0 Å². The molecule has 0 aliphatic carbocycles. The first kappa shape index (κ1) is 23.7. The highest BCUT2D eigenvalue weighted by atomic mass is 16.5. The molecule has 0 bridgehead atoms. The second-order valence-electron chi connectivity index (χ2n) is 9.10. The summed E-state index contributed by atoms with van der Waals surface area (Å²) in [6, 6.07) is 26.6. The largest absolute Gasteiger partial charge is 0.465 e. The van der Waals surface area contributed by atoms with Crippen molar-refractivity contribution in [1.29, 1.82) is 0 Å². The van der Waals surface area contributed by atoms with Gasteiger partial charge in [0.15, 0.2) is 0 Å². The summed E-state index contributed by atoms with van der Waals surface area (Å²) in [7, 11) is 1.39. The van der Waals surface area contributed by atoms with Gasteiger partial charge in [0.05, 0.1) is 19.1 Å². The third-order valence-electron chi connectivity index (χ3n) is 6.58. The Bertz CT molecular complexity index is 1120. The van der Waals surface area contributed by atoms with Crippen molar-refractivity contribution in [1.82, 2.24) is 9.80 Å². The van der Waals surface area contributed by atoms with E-state index in [1.165, 1.54) is 7.11 Å². The number of hydrogen-bond donors (Lipinski definition) is 0. The van der Waals surface area contributed by atoms with Gasteiger partial charge in [0.2, 0.25) is 5.91 Å². The zero-order chi connectivity index (χ0) is 24.1. The molecule has 0 spiro atoms. The van der Waals surface area contributed by atoms with Crippen molar-refractivity contribution in [3.05, 3.63) is 95.6 Å². The number of ether oxygens (including phenoxy) is 1. The monoisotopic (exact) mass is 456 g/mol. The van der Waals surface area contributed by atoms with E-state index in [4.69, 9.17) is 4.74 Å². The number of rotatable bonds is 6. The van der Waals surface area contributed by atoms with Crippen LogP contribution in [0, 0.1) is 0 Å². The van der Waals surface area contributed by atoms with Gasteiger partial charge in [-0.15, -0.1) is 0 Å².